The maximum Gasteiger partial charge on any atom is 0.227 e. The molecule has 0 aliphatic rings. The van der Waals surface area contributed by atoms with Crippen LogP contribution in [0.1, 0.15) is 13.3 Å². The van der Waals surface area contributed by atoms with E-state index in [2.05, 4.69) is 5.32 Å². The molecule has 0 saturated carbocycles. The molecule has 0 aromatic carbocycles. The molecular weight excluding hydrogens is 156 g/mol. The molecule has 4 nitrogen and oxygen atoms in total. The Bertz CT molecular complexity index is 187. The molecule has 0 aliphatic carbocycles. The van der Waals surface area contributed by atoms with Crippen molar-refractivity contribution in [2.24, 2.45) is 5.73 Å². The number of hydrogen-bond acceptors (Lipinski definition) is 3. The zero-order valence-electron chi connectivity index (χ0n) is 7.17. The number of carbonyl (C=O) groups excluding carboxylic acids is 2. The molecule has 0 unspecified atom stereocenters. The Kier molecular flexibility index (Phi) is 5.91. The van der Waals surface area contributed by atoms with Gasteiger partial charge in [0.1, 0.15) is 5.78 Å². The lowest BCUT2D eigenvalue weighted by atomic mass is 10.3. The van der Waals surface area contributed by atoms with Gasteiger partial charge in [-0.05, 0) is 6.92 Å². The molecule has 0 spiro atoms. The summed E-state index contributed by atoms with van der Waals surface area (Å²) >= 11 is 0. The first-order chi connectivity index (χ1) is 5.66. The van der Waals surface area contributed by atoms with Gasteiger partial charge in [0, 0.05) is 13.1 Å². The van der Waals surface area contributed by atoms with Crippen LogP contribution < -0.4 is 11.1 Å². The number of nitrogens with two attached hydrogens (primary N) is 1. The third kappa shape index (κ3) is 6.95. The first-order valence-electron chi connectivity index (χ1n) is 3.78. The smallest absolute Gasteiger partial charge is 0.227 e. The summed E-state index contributed by atoms with van der Waals surface area (Å²) in [5, 5.41) is 2.55. The molecule has 3 N–H and O–H groups in total. The quantitative estimate of drug-likeness (QED) is 0.435. The molecule has 0 rings (SSSR count). The van der Waals surface area contributed by atoms with Gasteiger partial charge in [0.25, 0.3) is 0 Å². The van der Waals surface area contributed by atoms with Crippen molar-refractivity contribution in [2.45, 2.75) is 13.3 Å². The van der Waals surface area contributed by atoms with Crippen molar-refractivity contribution in [1.29, 1.82) is 0 Å². The van der Waals surface area contributed by atoms with E-state index in [1.165, 1.54) is 6.92 Å². The molecule has 0 saturated heterocycles. The lowest BCUT2D eigenvalue weighted by Gasteiger charge is -1.98. The molecule has 0 atom stereocenters. The molecule has 4 heteroatoms. The Balaban J connectivity index is 3.44. The highest BCUT2D eigenvalue weighted by molar-refractivity contribution is 5.96. The second-order valence-corrected chi connectivity index (χ2v) is 2.39. The van der Waals surface area contributed by atoms with Crippen LogP contribution in [0.2, 0.25) is 0 Å². The number of nitrogens with one attached hydrogen (secondary N) is 1. The van der Waals surface area contributed by atoms with E-state index in [9.17, 15) is 9.59 Å². The second kappa shape index (κ2) is 6.54. The molecule has 0 heterocycles. The van der Waals surface area contributed by atoms with Crippen LogP contribution in [0.5, 0.6) is 0 Å². The fourth-order valence-electron chi connectivity index (χ4n) is 0.641. The van der Waals surface area contributed by atoms with Crippen LogP contribution in [0, 0.1) is 0 Å². The number of carbonyl (C=O) groups is 2. The minimum absolute atomic E-state index is 0.0452. The minimum Gasteiger partial charge on any atom is -0.352 e. The van der Waals surface area contributed by atoms with E-state index in [-0.39, 0.29) is 18.1 Å². The third-order valence-electron chi connectivity index (χ3n) is 1.13. The Labute approximate surface area is 71.8 Å². The summed E-state index contributed by atoms with van der Waals surface area (Å²) in [7, 11) is 0. The van der Waals surface area contributed by atoms with E-state index in [1.807, 2.05) is 0 Å². The summed E-state index contributed by atoms with van der Waals surface area (Å²) in [6.45, 7) is 2.28. The van der Waals surface area contributed by atoms with Crippen LogP contribution in [-0.2, 0) is 9.59 Å². The van der Waals surface area contributed by atoms with Crippen molar-refractivity contribution < 1.29 is 9.59 Å². The number of ketones is 1. The summed E-state index contributed by atoms with van der Waals surface area (Å²) in [6, 6.07) is 0. The third-order valence-corrected chi connectivity index (χ3v) is 1.13. The van der Waals surface area contributed by atoms with E-state index >= 15 is 0 Å². The SMILES string of the molecule is CC(=O)CC(=O)NC/C=C/CN. The topological polar surface area (TPSA) is 72.2 Å². The fourth-order valence-corrected chi connectivity index (χ4v) is 0.641. The Morgan fingerprint density at radius 1 is 1.42 bits per heavy atom. The number of hydrogen-bond donors (Lipinski definition) is 2. The number of rotatable bonds is 5. The normalized spacial score (nSPS) is 10.2. The highest BCUT2D eigenvalue weighted by atomic mass is 16.2. The zero-order chi connectivity index (χ0) is 9.40. The zero-order valence-corrected chi connectivity index (χ0v) is 7.17. The molecule has 68 valence electrons. The highest BCUT2D eigenvalue weighted by Gasteiger charge is 2.01. The predicted molar refractivity (Wildman–Crippen MR) is 46.5 cm³/mol. The van der Waals surface area contributed by atoms with Crippen LogP contribution >= 0.6 is 0 Å². The van der Waals surface area contributed by atoms with Gasteiger partial charge >= 0.3 is 0 Å². The summed E-state index contributed by atoms with van der Waals surface area (Å²) in [5.41, 5.74) is 5.17. The molecule has 0 aromatic heterocycles. The average molecular weight is 170 g/mol. The minimum atomic E-state index is -0.246. The number of amides is 1. The predicted octanol–water partition coefficient (Wildman–Crippen LogP) is -0.403. The first kappa shape index (κ1) is 10.8. The Morgan fingerprint density at radius 3 is 2.58 bits per heavy atom. The largest absolute Gasteiger partial charge is 0.352 e. The fraction of sp³-hybridized carbons (Fsp3) is 0.500. The molecular formula is C8H14N2O2. The van der Waals surface area contributed by atoms with E-state index in [1.54, 1.807) is 12.2 Å². The highest BCUT2D eigenvalue weighted by Crippen LogP contribution is 1.80. The van der Waals surface area contributed by atoms with Crippen molar-refractivity contribution in [3.63, 3.8) is 0 Å². The van der Waals surface area contributed by atoms with Gasteiger partial charge < -0.3 is 11.1 Å². The molecule has 0 fully saturated rings. The van der Waals surface area contributed by atoms with Gasteiger partial charge in [-0.15, -0.1) is 0 Å². The summed E-state index contributed by atoms with van der Waals surface area (Å²) < 4.78 is 0. The summed E-state index contributed by atoms with van der Waals surface area (Å²) in [6.07, 6.45) is 3.45. The maximum absolute atomic E-state index is 10.8. The van der Waals surface area contributed by atoms with Gasteiger partial charge in [0.05, 0.1) is 6.42 Å². The van der Waals surface area contributed by atoms with Gasteiger partial charge in [-0.3, -0.25) is 9.59 Å². The lowest BCUT2D eigenvalue weighted by molar-refractivity contribution is -0.127. The van der Waals surface area contributed by atoms with E-state index in [4.69, 9.17) is 5.73 Å². The van der Waals surface area contributed by atoms with Crippen molar-refractivity contribution in [3.8, 4) is 0 Å². The summed E-state index contributed by atoms with van der Waals surface area (Å²) in [4.78, 5) is 21.3. The van der Waals surface area contributed by atoms with Crippen LogP contribution in [-0.4, -0.2) is 24.8 Å². The van der Waals surface area contributed by atoms with Crippen molar-refractivity contribution in [1.82, 2.24) is 5.32 Å². The van der Waals surface area contributed by atoms with Gasteiger partial charge in [0.2, 0.25) is 5.91 Å². The van der Waals surface area contributed by atoms with Gasteiger partial charge in [-0.25, -0.2) is 0 Å². The van der Waals surface area contributed by atoms with Gasteiger partial charge in [-0.2, -0.15) is 0 Å². The van der Waals surface area contributed by atoms with Gasteiger partial charge in [-0.1, -0.05) is 12.2 Å². The monoisotopic (exact) mass is 170 g/mol. The van der Waals surface area contributed by atoms with Crippen LogP contribution in [0.25, 0.3) is 0 Å². The molecule has 0 bridgehead atoms. The maximum atomic E-state index is 10.8. The van der Waals surface area contributed by atoms with Crippen LogP contribution in [0.15, 0.2) is 12.2 Å². The van der Waals surface area contributed by atoms with E-state index in [0.29, 0.717) is 13.1 Å². The molecule has 12 heavy (non-hydrogen) atoms. The first-order valence-corrected chi connectivity index (χ1v) is 3.78. The number of Topliss-reactive ketones (excluding diaryl/α,β-unsaturated/α-hetero) is 1. The van der Waals surface area contributed by atoms with Crippen molar-refractivity contribution >= 4 is 11.7 Å². The second-order valence-electron chi connectivity index (χ2n) is 2.39. The van der Waals surface area contributed by atoms with Crippen LogP contribution in [0.4, 0.5) is 0 Å². The Hall–Kier alpha value is -1.16. The molecule has 0 aliphatic heterocycles. The molecule has 1 amide bonds. The lowest BCUT2D eigenvalue weighted by Crippen LogP contribution is -2.25. The molecule has 0 aromatic rings. The van der Waals surface area contributed by atoms with Crippen LogP contribution in [0.3, 0.4) is 0 Å². The Morgan fingerprint density at radius 2 is 2.08 bits per heavy atom. The molecule has 0 radical (unpaired) electrons. The van der Waals surface area contributed by atoms with E-state index in [0.717, 1.165) is 0 Å². The standard InChI is InChI=1S/C8H14N2O2/c1-7(11)6-8(12)10-5-3-2-4-9/h2-3H,4-6,9H2,1H3,(H,10,12)/b3-2+. The van der Waals surface area contributed by atoms with E-state index < -0.39 is 0 Å². The summed E-state index contributed by atoms with van der Waals surface area (Å²) in [5.74, 6) is -0.375. The van der Waals surface area contributed by atoms with Crippen molar-refractivity contribution in [3.05, 3.63) is 12.2 Å². The van der Waals surface area contributed by atoms with Gasteiger partial charge in [0.15, 0.2) is 0 Å². The average Bonchev–Trinajstić information content (AvgIpc) is 1.97. The van der Waals surface area contributed by atoms with Crippen molar-refractivity contribution in [2.75, 3.05) is 13.1 Å².